The Labute approximate surface area is 192 Å². The van der Waals surface area contributed by atoms with Crippen LogP contribution in [0.3, 0.4) is 0 Å². The molecule has 33 heavy (non-hydrogen) atoms. The second kappa shape index (κ2) is 8.44. The fraction of sp³-hybridized carbons (Fsp3) is 0.222. The summed E-state index contributed by atoms with van der Waals surface area (Å²) < 4.78 is 2.25. The molecule has 2 amide bonds. The largest absolute Gasteiger partial charge is 0.370 e. The number of amides is 2. The summed E-state index contributed by atoms with van der Waals surface area (Å²) in [5, 5.41) is 11.3. The molecule has 0 atom stereocenters. The van der Waals surface area contributed by atoms with Gasteiger partial charge in [-0.15, -0.1) is 0 Å². The van der Waals surface area contributed by atoms with Gasteiger partial charge in [0.15, 0.2) is 0 Å². The highest BCUT2D eigenvalue weighted by molar-refractivity contribution is 6.12. The zero-order chi connectivity index (χ0) is 23.8. The maximum atomic E-state index is 13.8. The van der Waals surface area contributed by atoms with Gasteiger partial charge in [-0.25, -0.2) is 0 Å². The molecule has 0 saturated heterocycles. The van der Waals surface area contributed by atoms with Crippen molar-refractivity contribution in [3.8, 4) is 6.07 Å². The molecular formula is C27H26N4O2. The smallest absolute Gasteiger partial charge is 0.237 e. The second-order valence-electron chi connectivity index (χ2n) is 8.79. The molecule has 1 heterocycles. The molecule has 0 radical (unpaired) electrons. The predicted octanol–water partition coefficient (Wildman–Crippen LogP) is 5.25. The number of nitriles is 1. The van der Waals surface area contributed by atoms with Crippen molar-refractivity contribution in [2.45, 2.75) is 33.7 Å². The summed E-state index contributed by atoms with van der Waals surface area (Å²) >= 11 is 0. The maximum Gasteiger partial charge on any atom is 0.237 e. The van der Waals surface area contributed by atoms with Crippen molar-refractivity contribution in [3.05, 3.63) is 72.3 Å². The van der Waals surface area contributed by atoms with Crippen LogP contribution in [-0.2, 0) is 16.1 Å². The minimum atomic E-state index is -1.01. The van der Waals surface area contributed by atoms with E-state index in [-0.39, 0.29) is 12.3 Å². The fourth-order valence-corrected chi connectivity index (χ4v) is 4.40. The van der Waals surface area contributed by atoms with Crippen LogP contribution in [0.15, 0.2) is 66.7 Å². The first kappa shape index (κ1) is 22.1. The van der Waals surface area contributed by atoms with Crippen molar-refractivity contribution < 1.29 is 9.59 Å². The lowest BCUT2D eigenvalue weighted by molar-refractivity contribution is -0.131. The first-order chi connectivity index (χ1) is 15.8. The number of carbonyl (C=O) groups is 2. The van der Waals surface area contributed by atoms with Crippen LogP contribution in [0.4, 0.5) is 11.4 Å². The normalized spacial score (nSPS) is 11.5. The third kappa shape index (κ3) is 3.94. The lowest BCUT2D eigenvalue weighted by Crippen LogP contribution is -2.40. The Kier molecular flexibility index (Phi) is 5.65. The van der Waals surface area contributed by atoms with Crippen molar-refractivity contribution in [2.75, 3.05) is 4.90 Å². The van der Waals surface area contributed by atoms with Crippen LogP contribution in [0.5, 0.6) is 0 Å². The van der Waals surface area contributed by atoms with Crippen LogP contribution in [0, 0.1) is 16.7 Å². The molecule has 3 aromatic carbocycles. The Balaban J connectivity index is 1.93. The Morgan fingerprint density at radius 2 is 1.61 bits per heavy atom. The van der Waals surface area contributed by atoms with E-state index in [2.05, 4.69) is 29.7 Å². The summed E-state index contributed by atoms with van der Waals surface area (Å²) in [6.07, 6.45) is -0.0734. The SMILES string of the molecule is CCn1c2ccccc2c2cc(N(C(=O)C(C)(C)CC(N)=O)c3ccc(C#N)cc3)ccc21. The van der Waals surface area contributed by atoms with Crippen LogP contribution in [0.25, 0.3) is 21.8 Å². The van der Waals surface area contributed by atoms with E-state index < -0.39 is 11.3 Å². The number of aromatic nitrogens is 1. The van der Waals surface area contributed by atoms with Crippen molar-refractivity contribution in [2.24, 2.45) is 11.1 Å². The fourth-order valence-electron chi connectivity index (χ4n) is 4.40. The third-order valence-electron chi connectivity index (χ3n) is 5.98. The minimum Gasteiger partial charge on any atom is -0.370 e. The van der Waals surface area contributed by atoms with Crippen LogP contribution < -0.4 is 10.6 Å². The molecule has 0 fully saturated rings. The first-order valence-corrected chi connectivity index (χ1v) is 10.9. The molecule has 0 bridgehead atoms. The van der Waals surface area contributed by atoms with Gasteiger partial charge >= 0.3 is 0 Å². The zero-order valence-electron chi connectivity index (χ0n) is 19.0. The van der Waals surface area contributed by atoms with E-state index in [0.29, 0.717) is 16.9 Å². The van der Waals surface area contributed by atoms with Gasteiger partial charge in [-0.1, -0.05) is 32.0 Å². The van der Waals surface area contributed by atoms with Crippen LogP contribution >= 0.6 is 0 Å². The van der Waals surface area contributed by atoms with E-state index >= 15 is 0 Å². The molecule has 4 aromatic rings. The van der Waals surface area contributed by atoms with Crippen molar-refractivity contribution in [1.29, 1.82) is 5.26 Å². The summed E-state index contributed by atoms with van der Waals surface area (Å²) in [5.74, 6) is -0.779. The molecule has 4 rings (SSSR count). The Morgan fingerprint density at radius 1 is 0.970 bits per heavy atom. The highest BCUT2D eigenvalue weighted by atomic mass is 16.2. The van der Waals surface area contributed by atoms with Gasteiger partial charge in [0.25, 0.3) is 0 Å². The van der Waals surface area contributed by atoms with Crippen molar-refractivity contribution >= 4 is 45.0 Å². The molecule has 6 nitrogen and oxygen atoms in total. The molecular weight excluding hydrogens is 412 g/mol. The molecule has 0 aliphatic carbocycles. The number of hydrogen-bond acceptors (Lipinski definition) is 3. The van der Waals surface area contributed by atoms with Crippen LogP contribution in [-0.4, -0.2) is 16.4 Å². The number of para-hydroxylation sites is 1. The molecule has 166 valence electrons. The standard InChI is InChI=1S/C27H26N4O2/c1-4-30-23-8-6-5-7-21(23)22-15-20(13-14-24(22)30)31(19-11-9-18(17-28)10-12-19)26(33)27(2,3)16-25(29)32/h5-15H,4,16H2,1-3H3,(H2,29,32). The van der Waals surface area contributed by atoms with E-state index in [4.69, 9.17) is 5.73 Å². The van der Waals surface area contributed by atoms with E-state index in [1.165, 1.54) is 0 Å². The molecule has 1 aromatic heterocycles. The first-order valence-electron chi connectivity index (χ1n) is 10.9. The third-order valence-corrected chi connectivity index (χ3v) is 5.98. The van der Waals surface area contributed by atoms with Gasteiger partial charge in [0.05, 0.1) is 17.0 Å². The average Bonchev–Trinajstić information content (AvgIpc) is 3.12. The quantitative estimate of drug-likeness (QED) is 0.445. The molecule has 2 N–H and O–H groups in total. The minimum absolute atomic E-state index is 0.0734. The van der Waals surface area contributed by atoms with E-state index in [9.17, 15) is 14.9 Å². The average molecular weight is 439 g/mol. The summed E-state index contributed by atoms with van der Waals surface area (Å²) in [7, 11) is 0. The van der Waals surface area contributed by atoms with E-state index in [0.717, 1.165) is 28.4 Å². The van der Waals surface area contributed by atoms with Crippen LogP contribution in [0.2, 0.25) is 0 Å². The zero-order valence-corrected chi connectivity index (χ0v) is 19.0. The number of fused-ring (bicyclic) bond motifs is 3. The van der Waals surface area contributed by atoms with Gasteiger partial charge in [0.2, 0.25) is 11.8 Å². The summed E-state index contributed by atoms with van der Waals surface area (Å²) in [6.45, 7) is 6.38. The highest BCUT2D eigenvalue weighted by Gasteiger charge is 2.35. The summed E-state index contributed by atoms with van der Waals surface area (Å²) in [6, 6.07) is 23.1. The number of nitrogens with zero attached hydrogens (tertiary/aromatic N) is 3. The molecule has 0 spiro atoms. The van der Waals surface area contributed by atoms with E-state index in [1.54, 1.807) is 43.0 Å². The lowest BCUT2D eigenvalue weighted by atomic mass is 9.86. The summed E-state index contributed by atoms with van der Waals surface area (Å²) in [4.78, 5) is 27.0. The second-order valence-corrected chi connectivity index (χ2v) is 8.79. The Morgan fingerprint density at radius 3 is 2.24 bits per heavy atom. The number of benzene rings is 3. The Hall–Kier alpha value is -4.11. The van der Waals surface area contributed by atoms with Crippen LogP contribution in [0.1, 0.15) is 32.8 Å². The number of primary amides is 1. The van der Waals surface area contributed by atoms with Gasteiger partial charge in [0.1, 0.15) is 0 Å². The molecule has 0 unspecified atom stereocenters. The molecule has 6 heteroatoms. The predicted molar refractivity (Wildman–Crippen MR) is 131 cm³/mol. The highest BCUT2D eigenvalue weighted by Crippen LogP contribution is 2.37. The monoisotopic (exact) mass is 438 g/mol. The van der Waals surface area contributed by atoms with Gasteiger partial charge < -0.3 is 10.3 Å². The van der Waals surface area contributed by atoms with Gasteiger partial charge in [-0.05, 0) is 55.5 Å². The molecule has 0 saturated carbocycles. The number of carbonyl (C=O) groups excluding carboxylic acids is 2. The van der Waals surface area contributed by atoms with Gasteiger partial charge in [0, 0.05) is 46.1 Å². The van der Waals surface area contributed by atoms with Crippen molar-refractivity contribution in [3.63, 3.8) is 0 Å². The topological polar surface area (TPSA) is 92.1 Å². The number of aryl methyl sites for hydroxylation is 1. The molecule has 0 aliphatic heterocycles. The Bertz CT molecular complexity index is 1410. The van der Waals surface area contributed by atoms with Gasteiger partial charge in [-0.3, -0.25) is 14.5 Å². The number of anilines is 2. The maximum absolute atomic E-state index is 13.8. The number of nitrogens with two attached hydrogens (primary N) is 1. The number of hydrogen-bond donors (Lipinski definition) is 1. The summed E-state index contributed by atoms with van der Waals surface area (Å²) in [5.41, 5.74) is 8.47. The molecule has 0 aliphatic rings. The van der Waals surface area contributed by atoms with Gasteiger partial charge in [-0.2, -0.15) is 5.26 Å². The van der Waals surface area contributed by atoms with E-state index in [1.807, 2.05) is 30.3 Å². The number of rotatable bonds is 6. The lowest BCUT2D eigenvalue weighted by Gasteiger charge is -2.31. The van der Waals surface area contributed by atoms with Crippen molar-refractivity contribution in [1.82, 2.24) is 4.57 Å².